The van der Waals surface area contributed by atoms with Gasteiger partial charge in [0.15, 0.2) is 0 Å². The number of ether oxygens (including phenoxy) is 2. The van der Waals surface area contributed by atoms with Crippen molar-refractivity contribution < 1.29 is 35.0 Å². The molecule has 5 N–H and O–H groups in total. The van der Waals surface area contributed by atoms with Crippen molar-refractivity contribution >= 4 is 23.2 Å². The largest absolute Gasteiger partial charge is 0.460 e. The van der Waals surface area contributed by atoms with E-state index >= 15 is 0 Å². The number of aliphatic hydroxyl groups excluding tert-OH is 4. The third kappa shape index (κ3) is 4.46. The highest BCUT2D eigenvalue weighted by Crippen LogP contribution is 2.53. The number of nitrogens with zero attached hydrogens (tertiary/aromatic N) is 3. The molecule has 10 nitrogen and oxygen atoms in total. The second kappa shape index (κ2) is 9.03. The van der Waals surface area contributed by atoms with Crippen molar-refractivity contribution in [2.75, 3.05) is 6.61 Å². The minimum absolute atomic E-state index is 0.0983. The van der Waals surface area contributed by atoms with Crippen LogP contribution in [0.15, 0.2) is 30.9 Å². The van der Waals surface area contributed by atoms with Gasteiger partial charge in [-0.2, -0.15) is 5.10 Å². The third-order valence-corrected chi connectivity index (χ3v) is 7.19. The molecular formula is C20H25Cl2N3O7. The van der Waals surface area contributed by atoms with Crippen molar-refractivity contribution in [1.82, 2.24) is 14.8 Å². The molecule has 1 saturated heterocycles. The van der Waals surface area contributed by atoms with Gasteiger partial charge in [0.05, 0.1) is 23.0 Å². The number of hydrogen-bond donors (Lipinski definition) is 5. The van der Waals surface area contributed by atoms with E-state index in [-0.39, 0.29) is 23.7 Å². The van der Waals surface area contributed by atoms with Gasteiger partial charge in [-0.1, -0.05) is 23.7 Å². The van der Waals surface area contributed by atoms with Gasteiger partial charge in [0.25, 0.3) is 0 Å². The van der Waals surface area contributed by atoms with E-state index in [2.05, 4.69) is 10.1 Å². The van der Waals surface area contributed by atoms with E-state index in [0.717, 1.165) is 0 Å². The van der Waals surface area contributed by atoms with Crippen LogP contribution < -0.4 is 4.74 Å². The van der Waals surface area contributed by atoms with Crippen LogP contribution in [0, 0.1) is 0 Å². The van der Waals surface area contributed by atoms with Crippen LogP contribution in [0.25, 0.3) is 0 Å². The van der Waals surface area contributed by atoms with E-state index in [0.29, 0.717) is 18.4 Å². The highest BCUT2D eigenvalue weighted by Gasteiger charge is 2.58. The predicted molar refractivity (Wildman–Crippen MR) is 112 cm³/mol. The van der Waals surface area contributed by atoms with E-state index in [9.17, 15) is 25.5 Å². The molecule has 6 atom stereocenters. The Morgan fingerprint density at radius 3 is 2.59 bits per heavy atom. The molecule has 2 aliphatic rings. The fourth-order valence-electron chi connectivity index (χ4n) is 3.90. The van der Waals surface area contributed by atoms with Crippen LogP contribution in [0.5, 0.6) is 5.75 Å². The normalized spacial score (nSPS) is 31.2. The molecule has 1 aromatic heterocycles. The van der Waals surface area contributed by atoms with Gasteiger partial charge in [0.1, 0.15) is 48.4 Å². The van der Waals surface area contributed by atoms with Gasteiger partial charge < -0.3 is 35.0 Å². The Kier molecular flexibility index (Phi) is 6.68. The molecule has 12 heteroatoms. The van der Waals surface area contributed by atoms with Gasteiger partial charge in [-0.25, -0.2) is 9.67 Å². The summed E-state index contributed by atoms with van der Waals surface area (Å²) in [6, 6.07) is 4.92. The number of hydrogen-bond acceptors (Lipinski definition) is 9. The molecule has 0 bridgehead atoms. The quantitative estimate of drug-likeness (QED) is 0.319. The second-order valence-corrected chi connectivity index (χ2v) is 9.41. The lowest BCUT2D eigenvalue weighted by Crippen LogP contribution is -2.60. The lowest BCUT2D eigenvalue weighted by molar-refractivity contribution is -0.277. The van der Waals surface area contributed by atoms with Crippen molar-refractivity contribution in [3.63, 3.8) is 0 Å². The molecule has 1 aliphatic heterocycles. The monoisotopic (exact) mass is 489 g/mol. The summed E-state index contributed by atoms with van der Waals surface area (Å²) in [6.07, 6.45) is -2.90. The van der Waals surface area contributed by atoms with Crippen molar-refractivity contribution in [3.05, 3.63) is 41.4 Å². The van der Waals surface area contributed by atoms with Gasteiger partial charge in [-0.05, 0) is 24.5 Å². The molecule has 2 aromatic rings. The van der Waals surface area contributed by atoms with Crippen LogP contribution in [-0.2, 0) is 17.7 Å². The number of aromatic nitrogens is 3. The number of alkyl halides is 1. The zero-order chi connectivity index (χ0) is 23.1. The summed E-state index contributed by atoms with van der Waals surface area (Å²) in [5, 5.41) is 55.2. The molecule has 0 amide bonds. The van der Waals surface area contributed by atoms with Gasteiger partial charge in [0.2, 0.25) is 6.29 Å². The fourth-order valence-corrected chi connectivity index (χ4v) is 4.36. The van der Waals surface area contributed by atoms with E-state index in [1.807, 2.05) is 0 Å². The van der Waals surface area contributed by atoms with E-state index < -0.39 is 47.8 Å². The number of aliphatic hydroxyl groups is 5. The van der Waals surface area contributed by atoms with Crippen molar-refractivity contribution in [2.24, 2.45) is 0 Å². The minimum atomic E-state index is -1.58. The maximum absolute atomic E-state index is 11.5. The summed E-state index contributed by atoms with van der Waals surface area (Å²) in [7, 11) is 0. The topological polar surface area (TPSA) is 150 Å². The van der Waals surface area contributed by atoms with Gasteiger partial charge in [-0.15, -0.1) is 11.6 Å². The van der Waals surface area contributed by atoms with Gasteiger partial charge in [0, 0.05) is 6.42 Å². The minimum Gasteiger partial charge on any atom is -0.460 e. The molecule has 0 spiro atoms. The third-order valence-electron chi connectivity index (χ3n) is 6.03. The Hall–Kier alpha value is -1.50. The van der Waals surface area contributed by atoms with Crippen LogP contribution >= 0.6 is 23.2 Å². The van der Waals surface area contributed by atoms with Crippen LogP contribution in [0.2, 0.25) is 5.02 Å². The molecular weight excluding hydrogens is 465 g/mol. The maximum Gasteiger partial charge on any atom is 0.229 e. The van der Waals surface area contributed by atoms with Crippen LogP contribution in [0.4, 0.5) is 0 Å². The average Bonchev–Trinajstić information content (AvgIpc) is 3.33. The first-order valence-corrected chi connectivity index (χ1v) is 10.9. The highest BCUT2D eigenvalue weighted by atomic mass is 35.5. The maximum atomic E-state index is 11.5. The zero-order valence-electron chi connectivity index (χ0n) is 17.0. The van der Waals surface area contributed by atoms with Crippen LogP contribution in [-0.4, -0.2) is 88.1 Å². The predicted octanol–water partition coefficient (Wildman–Crippen LogP) is -0.145. The average molecular weight is 490 g/mol. The fraction of sp³-hybridized carbons (Fsp3) is 0.600. The van der Waals surface area contributed by atoms with Gasteiger partial charge >= 0.3 is 0 Å². The number of halogens is 2. The zero-order valence-corrected chi connectivity index (χ0v) is 18.5. The molecule has 32 heavy (non-hydrogen) atoms. The van der Waals surface area contributed by atoms with Crippen molar-refractivity contribution in [1.29, 1.82) is 0 Å². The molecule has 1 aromatic carbocycles. The Labute approximate surface area is 193 Å². The lowest BCUT2D eigenvalue weighted by atomic mass is 9.88. The Bertz CT molecular complexity index is 928. The summed E-state index contributed by atoms with van der Waals surface area (Å²) in [4.78, 5) is 3.08. The molecule has 1 aliphatic carbocycles. The Morgan fingerprint density at radius 2 is 1.97 bits per heavy atom. The number of benzene rings is 1. The van der Waals surface area contributed by atoms with Crippen LogP contribution in [0.1, 0.15) is 18.4 Å². The first-order chi connectivity index (χ1) is 15.2. The van der Waals surface area contributed by atoms with Crippen molar-refractivity contribution in [3.8, 4) is 5.75 Å². The first kappa shape index (κ1) is 23.7. The molecule has 2 fully saturated rings. The summed E-state index contributed by atoms with van der Waals surface area (Å²) in [5.41, 5.74) is -0.823. The molecule has 1 unspecified atom stereocenters. The SMILES string of the molecule is OC[C@H]1O[C@@H](Oc2cccc(CC(O)(Cn3cncn3)C3(Cl)CC3)c2Cl)[C@H](O)[C@@H](O)[C@@H]1O. The standard InChI is InChI=1S/C20H25Cl2N3O7/c21-14-11(6-20(30,19(22)4-5-19)8-25-10-23-9-24-25)2-1-3-12(14)31-18-17(29)16(28)15(27)13(7-26)32-18/h1-3,9-10,13,15-18,26-30H,4-8H2/t13-,15-,16+,17-,18-,20?/m1/s1. The van der Waals surface area contributed by atoms with E-state index in [1.54, 1.807) is 12.1 Å². The molecule has 176 valence electrons. The van der Waals surface area contributed by atoms with Gasteiger partial charge in [-0.3, -0.25) is 0 Å². The summed E-state index contributed by atoms with van der Waals surface area (Å²) in [6.45, 7) is -0.462. The van der Waals surface area contributed by atoms with E-state index in [4.69, 9.17) is 32.7 Å². The highest BCUT2D eigenvalue weighted by molar-refractivity contribution is 6.33. The summed E-state index contributed by atoms with van der Waals surface area (Å²) < 4.78 is 12.6. The second-order valence-electron chi connectivity index (χ2n) is 8.31. The Balaban J connectivity index is 1.55. The molecule has 0 radical (unpaired) electrons. The summed E-state index contributed by atoms with van der Waals surface area (Å²) in [5.74, 6) is 0.135. The van der Waals surface area contributed by atoms with Crippen molar-refractivity contribution in [2.45, 2.75) is 67.0 Å². The molecule has 4 rings (SSSR count). The Morgan fingerprint density at radius 1 is 1.22 bits per heavy atom. The smallest absolute Gasteiger partial charge is 0.229 e. The number of rotatable bonds is 8. The lowest BCUT2D eigenvalue weighted by Gasteiger charge is -2.39. The summed E-state index contributed by atoms with van der Waals surface area (Å²) >= 11 is 13.2. The molecule has 1 saturated carbocycles. The first-order valence-electron chi connectivity index (χ1n) is 10.2. The van der Waals surface area contributed by atoms with E-state index in [1.165, 1.54) is 23.4 Å². The van der Waals surface area contributed by atoms with Crippen LogP contribution in [0.3, 0.4) is 0 Å². The molecule has 2 heterocycles.